The second kappa shape index (κ2) is 7.96. The molecule has 1 aromatic heterocycles. The minimum Gasteiger partial charge on any atom is -0.472 e. The minimum atomic E-state index is -0.271. The highest BCUT2D eigenvalue weighted by Gasteiger charge is 2.27. The Morgan fingerprint density at radius 2 is 1.96 bits per heavy atom. The Bertz CT molecular complexity index is 948. The number of likely N-dealkylation sites (tertiary alicyclic amines) is 1. The zero-order valence-corrected chi connectivity index (χ0v) is 15.5. The van der Waals surface area contributed by atoms with E-state index >= 15 is 0 Å². The molecular formula is C21H19FN2O2S. The zero-order valence-electron chi connectivity index (χ0n) is 14.7. The van der Waals surface area contributed by atoms with E-state index in [0.717, 1.165) is 22.2 Å². The van der Waals surface area contributed by atoms with Crippen molar-refractivity contribution in [3.8, 4) is 5.88 Å². The maximum Gasteiger partial charge on any atom is 0.233 e. The third-order valence-electron chi connectivity index (χ3n) is 4.53. The van der Waals surface area contributed by atoms with Crippen molar-refractivity contribution in [3.05, 3.63) is 66.5 Å². The Hall–Kier alpha value is -2.60. The van der Waals surface area contributed by atoms with Crippen molar-refractivity contribution in [3.63, 3.8) is 0 Å². The number of carbonyl (C=O) groups is 1. The molecule has 1 saturated heterocycles. The van der Waals surface area contributed by atoms with Crippen LogP contribution in [0.25, 0.3) is 10.9 Å². The molecule has 0 spiro atoms. The Morgan fingerprint density at radius 3 is 2.81 bits per heavy atom. The van der Waals surface area contributed by atoms with Crippen molar-refractivity contribution in [2.45, 2.75) is 17.4 Å². The molecule has 1 fully saturated rings. The van der Waals surface area contributed by atoms with Crippen LogP contribution in [-0.2, 0) is 4.79 Å². The Labute approximate surface area is 161 Å². The molecule has 4 nitrogen and oxygen atoms in total. The number of amides is 1. The van der Waals surface area contributed by atoms with Crippen molar-refractivity contribution in [2.24, 2.45) is 0 Å². The van der Waals surface area contributed by atoms with Crippen LogP contribution in [0.2, 0.25) is 0 Å². The van der Waals surface area contributed by atoms with Crippen molar-refractivity contribution < 1.29 is 13.9 Å². The second-order valence-corrected chi connectivity index (χ2v) is 7.50. The molecule has 1 atom stereocenters. The maximum absolute atomic E-state index is 12.9. The van der Waals surface area contributed by atoms with Gasteiger partial charge in [0, 0.05) is 29.3 Å². The molecule has 0 radical (unpaired) electrons. The summed E-state index contributed by atoms with van der Waals surface area (Å²) in [6.07, 6.45) is 0.750. The molecule has 0 aliphatic carbocycles. The van der Waals surface area contributed by atoms with Crippen LogP contribution in [0.15, 0.2) is 65.6 Å². The molecular weight excluding hydrogens is 363 g/mol. The summed E-state index contributed by atoms with van der Waals surface area (Å²) in [6, 6.07) is 18.0. The molecule has 2 heterocycles. The van der Waals surface area contributed by atoms with Gasteiger partial charge in [-0.05, 0) is 36.4 Å². The molecule has 3 aromatic rings. The van der Waals surface area contributed by atoms with Gasteiger partial charge >= 0.3 is 0 Å². The zero-order chi connectivity index (χ0) is 18.6. The molecule has 4 rings (SSSR count). The van der Waals surface area contributed by atoms with Crippen LogP contribution in [0.5, 0.6) is 5.88 Å². The summed E-state index contributed by atoms with van der Waals surface area (Å²) < 4.78 is 18.9. The van der Waals surface area contributed by atoms with Gasteiger partial charge in [0.2, 0.25) is 11.8 Å². The van der Waals surface area contributed by atoms with Gasteiger partial charge in [-0.2, -0.15) is 0 Å². The maximum atomic E-state index is 12.9. The fourth-order valence-electron chi connectivity index (χ4n) is 3.10. The summed E-state index contributed by atoms with van der Waals surface area (Å²) in [4.78, 5) is 19.7. The van der Waals surface area contributed by atoms with Crippen molar-refractivity contribution in [1.82, 2.24) is 9.88 Å². The van der Waals surface area contributed by atoms with Crippen LogP contribution >= 0.6 is 11.8 Å². The molecule has 2 aromatic carbocycles. The lowest BCUT2D eigenvalue weighted by atomic mass is 10.2. The molecule has 0 unspecified atom stereocenters. The summed E-state index contributed by atoms with van der Waals surface area (Å²) in [7, 11) is 0. The highest BCUT2D eigenvalue weighted by atomic mass is 32.2. The van der Waals surface area contributed by atoms with E-state index in [-0.39, 0.29) is 17.8 Å². The summed E-state index contributed by atoms with van der Waals surface area (Å²) in [5, 5.41) is 1.07. The van der Waals surface area contributed by atoms with E-state index in [1.54, 1.807) is 12.1 Å². The molecule has 1 aliphatic rings. The average molecular weight is 382 g/mol. The van der Waals surface area contributed by atoms with Gasteiger partial charge in [0.1, 0.15) is 11.9 Å². The van der Waals surface area contributed by atoms with Crippen LogP contribution < -0.4 is 4.74 Å². The molecule has 1 aliphatic heterocycles. The number of halogens is 1. The largest absolute Gasteiger partial charge is 0.472 e. The van der Waals surface area contributed by atoms with Crippen LogP contribution in [0.1, 0.15) is 6.42 Å². The third-order valence-corrected chi connectivity index (χ3v) is 5.53. The highest BCUT2D eigenvalue weighted by molar-refractivity contribution is 8.00. The summed E-state index contributed by atoms with van der Waals surface area (Å²) in [6.45, 7) is 1.25. The molecule has 6 heteroatoms. The number of ether oxygens (including phenoxy) is 1. The normalized spacial score (nSPS) is 16.6. The first-order chi connectivity index (χ1) is 13.2. The van der Waals surface area contributed by atoms with Gasteiger partial charge in [-0.15, -0.1) is 11.8 Å². The van der Waals surface area contributed by atoms with Crippen LogP contribution in [0.4, 0.5) is 4.39 Å². The van der Waals surface area contributed by atoms with Crippen molar-refractivity contribution in [1.29, 1.82) is 0 Å². The Kier molecular flexibility index (Phi) is 5.25. The van der Waals surface area contributed by atoms with Crippen LogP contribution in [0.3, 0.4) is 0 Å². The lowest BCUT2D eigenvalue weighted by Gasteiger charge is -2.17. The summed E-state index contributed by atoms with van der Waals surface area (Å²) in [5.41, 5.74) is 0.900. The van der Waals surface area contributed by atoms with Gasteiger partial charge < -0.3 is 9.64 Å². The smallest absolute Gasteiger partial charge is 0.233 e. The standard InChI is InChI=1S/C21H19FN2O2S/c22-16-6-8-18(9-7-16)27-14-21(25)24-12-11-17(13-24)26-20-10-5-15-3-1-2-4-19(15)23-20/h1-10,17H,11-14H2/t17-/m0/s1. The van der Waals surface area contributed by atoms with E-state index < -0.39 is 0 Å². The molecule has 27 heavy (non-hydrogen) atoms. The molecule has 0 saturated carbocycles. The highest BCUT2D eigenvalue weighted by Crippen LogP contribution is 2.22. The average Bonchev–Trinajstić information content (AvgIpc) is 3.16. The number of rotatable bonds is 5. The predicted molar refractivity (Wildman–Crippen MR) is 104 cm³/mol. The van der Waals surface area contributed by atoms with Gasteiger partial charge in [0.15, 0.2) is 0 Å². The summed E-state index contributed by atoms with van der Waals surface area (Å²) >= 11 is 1.42. The number of para-hydroxylation sites is 1. The van der Waals surface area contributed by atoms with Gasteiger partial charge in [0.05, 0.1) is 17.8 Å². The van der Waals surface area contributed by atoms with Crippen LogP contribution in [-0.4, -0.2) is 40.7 Å². The Balaban J connectivity index is 1.31. The Morgan fingerprint density at radius 1 is 1.15 bits per heavy atom. The number of fused-ring (bicyclic) bond motifs is 1. The fourth-order valence-corrected chi connectivity index (χ4v) is 3.90. The monoisotopic (exact) mass is 382 g/mol. The third kappa shape index (κ3) is 4.39. The van der Waals surface area contributed by atoms with E-state index in [1.165, 1.54) is 23.9 Å². The molecule has 138 valence electrons. The van der Waals surface area contributed by atoms with Gasteiger partial charge in [-0.3, -0.25) is 4.79 Å². The second-order valence-electron chi connectivity index (χ2n) is 6.45. The first-order valence-electron chi connectivity index (χ1n) is 8.86. The number of nitrogens with zero attached hydrogens (tertiary/aromatic N) is 2. The number of hydrogen-bond donors (Lipinski definition) is 0. The van der Waals surface area contributed by atoms with E-state index in [0.29, 0.717) is 24.7 Å². The number of thioether (sulfide) groups is 1. The number of aromatic nitrogens is 1. The van der Waals surface area contributed by atoms with Crippen molar-refractivity contribution in [2.75, 3.05) is 18.8 Å². The number of benzene rings is 2. The van der Waals surface area contributed by atoms with E-state index in [2.05, 4.69) is 4.98 Å². The van der Waals surface area contributed by atoms with Gasteiger partial charge in [0.25, 0.3) is 0 Å². The van der Waals surface area contributed by atoms with Crippen LogP contribution in [0, 0.1) is 5.82 Å². The SMILES string of the molecule is O=C(CSc1ccc(F)cc1)N1CC[C@H](Oc2ccc3ccccc3n2)C1. The van der Waals surface area contributed by atoms with E-state index in [4.69, 9.17) is 4.74 Å². The lowest BCUT2D eigenvalue weighted by molar-refractivity contribution is -0.127. The summed E-state index contributed by atoms with van der Waals surface area (Å²) in [5.74, 6) is 0.732. The first-order valence-corrected chi connectivity index (χ1v) is 9.84. The van der Waals surface area contributed by atoms with Gasteiger partial charge in [-0.1, -0.05) is 18.2 Å². The predicted octanol–water partition coefficient (Wildman–Crippen LogP) is 4.15. The quantitative estimate of drug-likeness (QED) is 0.622. The minimum absolute atomic E-state index is 0.0431. The first kappa shape index (κ1) is 17.8. The number of hydrogen-bond acceptors (Lipinski definition) is 4. The lowest BCUT2D eigenvalue weighted by Crippen LogP contribution is -2.32. The number of carbonyl (C=O) groups excluding carboxylic acids is 1. The van der Waals surface area contributed by atoms with Gasteiger partial charge in [-0.25, -0.2) is 9.37 Å². The molecule has 1 amide bonds. The van der Waals surface area contributed by atoms with E-state index in [9.17, 15) is 9.18 Å². The van der Waals surface area contributed by atoms with Crippen molar-refractivity contribution >= 4 is 28.6 Å². The van der Waals surface area contributed by atoms with E-state index in [1.807, 2.05) is 41.3 Å². The molecule has 0 bridgehead atoms. The molecule has 0 N–H and O–H groups in total. The topological polar surface area (TPSA) is 42.4 Å². The fraction of sp³-hybridized carbons (Fsp3) is 0.238. The number of pyridine rings is 1.